The largest absolute Gasteiger partial charge is 0.489 e. The van der Waals surface area contributed by atoms with Crippen LogP contribution in [-0.4, -0.2) is 65.1 Å². The van der Waals surface area contributed by atoms with Gasteiger partial charge in [0.1, 0.15) is 18.9 Å². The first-order valence-corrected chi connectivity index (χ1v) is 7.11. The van der Waals surface area contributed by atoms with E-state index < -0.39 is 0 Å². The molecule has 0 aromatic heterocycles. The van der Waals surface area contributed by atoms with Crippen molar-refractivity contribution < 1.29 is 14.0 Å². The summed E-state index contributed by atoms with van der Waals surface area (Å²) in [6, 6.07) is 5.83. The molecule has 1 aliphatic rings. The molecule has 0 radical (unpaired) electrons. The van der Waals surface area contributed by atoms with Crippen LogP contribution in [0.1, 0.15) is 0 Å². The first kappa shape index (κ1) is 14.9. The van der Waals surface area contributed by atoms with Crippen LogP contribution in [0.5, 0.6) is 5.75 Å². The van der Waals surface area contributed by atoms with Gasteiger partial charge < -0.3 is 24.6 Å². The third-order valence-corrected chi connectivity index (χ3v) is 3.36. The van der Waals surface area contributed by atoms with Gasteiger partial charge in [0.25, 0.3) is 0 Å². The minimum absolute atomic E-state index is 0.704. The quantitative estimate of drug-likeness (QED) is 0.483. The van der Waals surface area contributed by atoms with E-state index in [-0.39, 0.29) is 0 Å². The molecule has 1 aliphatic heterocycles. The minimum Gasteiger partial charge on any atom is -0.489 e. The van der Waals surface area contributed by atoms with Gasteiger partial charge in [-0.25, -0.2) is 0 Å². The van der Waals surface area contributed by atoms with E-state index in [0.717, 1.165) is 54.5 Å². The van der Waals surface area contributed by atoms with Crippen molar-refractivity contribution >= 4 is 11.4 Å². The van der Waals surface area contributed by atoms with Gasteiger partial charge in [0, 0.05) is 18.3 Å². The molecule has 0 amide bonds. The highest BCUT2D eigenvalue weighted by atomic mass is 16.5. The monoisotopic (exact) mass is 280 g/mol. The number of benzene rings is 1. The van der Waals surface area contributed by atoms with E-state index in [1.165, 1.54) is 0 Å². The van der Waals surface area contributed by atoms with E-state index in [4.69, 9.17) is 15.2 Å². The molecule has 0 saturated heterocycles. The zero-order valence-electron chi connectivity index (χ0n) is 12.8. The van der Waals surface area contributed by atoms with Crippen LogP contribution in [-0.2, 0) is 4.74 Å². The average Bonchev–Trinajstić information content (AvgIpc) is 2.36. The number of anilines is 2. The fourth-order valence-electron chi connectivity index (χ4n) is 2.14. The summed E-state index contributed by atoms with van der Waals surface area (Å²) in [7, 11) is 6.52. The maximum absolute atomic E-state index is 5.78. The van der Waals surface area contributed by atoms with E-state index in [2.05, 4.69) is 26.0 Å². The van der Waals surface area contributed by atoms with Gasteiger partial charge in [-0.2, -0.15) is 0 Å². The lowest BCUT2D eigenvalue weighted by atomic mass is 10.2. The minimum atomic E-state index is 0.704. The van der Waals surface area contributed by atoms with Crippen molar-refractivity contribution in [2.24, 2.45) is 0 Å². The summed E-state index contributed by atoms with van der Waals surface area (Å²) in [5.41, 5.74) is 7.64. The second kappa shape index (κ2) is 6.33. The van der Waals surface area contributed by atoms with Gasteiger partial charge in [0.2, 0.25) is 0 Å². The van der Waals surface area contributed by atoms with Crippen molar-refractivity contribution in [3.8, 4) is 5.75 Å². The molecule has 1 aromatic rings. The molecular formula is C15H26N3O2+. The number of fused-ring (bicyclic) bond motifs is 1. The Labute approximate surface area is 121 Å². The van der Waals surface area contributed by atoms with Crippen LogP contribution in [0, 0.1) is 0 Å². The van der Waals surface area contributed by atoms with Crippen LogP contribution in [0.2, 0.25) is 0 Å². The molecule has 112 valence electrons. The summed E-state index contributed by atoms with van der Waals surface area (Å²) in [6.07, 6.45) is 0. The fraction of sp³-hybridized carbons (Fsp3) is 0.600. The summed E-state index contributed by atoms with van der Waals surface area (Å²) >= 11 is 0. The molecule has 5 nitrogen and oxygen atoms in total. The van der Waals surface area contributed by atoms with Gasteiger partial charge >= 0.3 is 0 Å². The lowest BCUT2D eigenvalue weighted by Crippen LogP contribution is -2.39. The Kier molecular flexibility index (Phi) is 4.73. The zero-order chi connectivity index (χ0) is 14.6. The van der Waals surface area contributed by atoms with E-state index in [1.807, 2.05) is 18.2 Å². The fourth-order valence-corrected chi connectivity index (χ4v) is 2.14. The number of rotatable bonds is 6. The molecular weight excluding hydrogens is 254 g/mol. The maximum atomic E-state index is 5.78. The van der Waals surface area contributed by atoms with Gasteiger partial charge in [-0.3, -0.25) is 0 Å². The lowest BCUT2D eigenvalue weighted by molar-refractivity contribution is -0.870. The molecule has 0 aliphatic carbocycles. The number of likely N-dealkylation sites (N-methyl/N-ethyl adjacent to an activating group) is 1. The summed E-state index contributed by atoms with van der Waals surface area (Å²) in [4.78, 5) is 2.30. The van der Waals surface area contributed by atoms with Crippen molar-refractivity contribution in [2.75, 3.05) is 71.2 Å². The van der Waals surface area contributed by atoms with E-state index in [0.29, 0.717) is 6.61 Å². The Morgan fingerprint density at radius 3 is 2.85 bits per heavy atom. The van der Waals surface area contributed by atoms with Crippen LogP contribution < -0.4 is 15.4 Å². The maximum Gasteiger partial charge on any atom is 0.144 e. The highest BCUT2D eigenvalue weighted by Gasteiger charge is 2.17. The molecule has 0 bridgehead atoms. The summed E-state index contributed by atoms with van der Waals surface area (Å²) in [6.45, 7) is 5.05. The normalized spacial score (nSPS) is 14.8. The topological polar surface area (TPSA) is 47.7 Å². The standard InChI is InChI=1S/C15H26N3O2/c1-18(2,3)8-11-19-9-6-17-7-10-20-15-12-13(16)4-5-14(15)17/h4-5,12H,6-11,16H2,1-3H3/q+1. The van der Waals surface area contributed by atoms with Gasteiger partial charge in [-0.15, -0.1) is 0 Å². The molecule has 0 spiro atoms. The summed E-state index contributed by atoms with van der Waals surface area (Å²) in [5, 5.41) is 0. The van der Waals surface area contributed by atoms with Crippen molar-refractivity contribution in [1.29, 1.82) is 0 Å². The first-order valence-electron chi connectivity index (χ1n) is 7.11. The van der Waals surface area contributed by atoms with Crippen molar-refractivity contribution in [2.45, 2.75) is 0 Å². The molecule has 0 unspecified atom stereocenters. The van der Waals surface area contributed by atoms with Crippen LogP contribution in [0.15, 0.2) is 18.2 Å². The Morgan fingerprint density at radius 1 is 1.30 bits per heavy atom. The molecule has 2 N–H and O–H groups in total. The van der Waals surface area contributed by atoms with Gasteiger partial charge in [-0.05, 0) is 12.1 Å². The predicted octanol–water partition coefficient (Wildman–Crippen LogP) is 1.19. The Balaban J connectivity index is 1.80. The molecule has 1 heterocycles. The molecule has 5 heteroatoms. The smallest absolute Gasteiger partial charge is 0.144 e. The molecule has 0 fully saturated rings. The number of hydrogen-bond donors (Lipinski definition) is 1. The third-order valence-electron chi connectivity index (χ3n) is 3.36. The third kappa shape index (κ3) is 4.28. The van der Waals surface area contributed by atoms with Crippen LogP contribution in [0.25, 0.3) is 0 Å². The van der Waals surface area contributed by atoms with Crippen LogP contribution in [0.3, 0.4) is 0 Å². The highest BCUT2D eigenvalue weighted by Crippen LogP contribution is 2.32. The van der Waals surface area contributed by atoms with Crippen molar-refractivity contribution in [3.63, 3.8) is 0 Å². The van der Waals surface area contributed by atoms with E-state index in [9.17, 15) is 0 Å². The number of quaternary nitrogens is 1. The Bertz CT molecular complexity index is 443. The van der Waals surface area contributed by atoms with Gasteiger partial charge in [0.15, 0.2) is 0 Å². The molecule has 20 heavy (non-hydrogen) atoms. The summed E-state index contributed by atoms with van der Waals surface area (Å²) < 4.78 is 12.3. The second-order valence-electron chi connectivity index (χ2n) is 6.19. The van der Waals surface area contributed by atoms with Crippen molar-refractivity contribution in [1.82, 2.24) is 0 Å². The van der Waals surface area contributed by atoms with Crippen LogP contribution in [0.4, 0.5) is 11.4 Å². The molecule has 1 aromatic carbocycles. The second-order valence-corrected chi connectivity index (χ2v) is 6.19. The van der Waals surface area contributed by atoms with Gasteiger partial charge in [-0.1, -0.05) is 0 Å². The zero-order valence-corrected chi connectivity index (χ0v) is 12.8. The SMILES string of the molecule is C[N+](C)(C)CCOCCN1CCOc2cc(N)ccc21. The van der Waals surface area contributed by atoms with Crippen LogP contribution >= 0.6 is 0 Å². The number of ether oxygens (including phenoxy) is 2. The average molecular weight is 280 g/mol. The summed E-state index contributed by atoms with van der Waals surface area (Å²) in [5.74, 6) is 0.877. The highest BCUT2D eigenvalue weighted by molar-refractivity contribution is 5.65. The number of nitrogen functional groups attached to an aromatic ring is 1. The molecule has 0 saturated carbocycles. The Hall–Kier alpha value is -1.46. The predicted molar refractivity (Wildman–Crippen MR) is 82.3 cm³/mol. The van der Waals surface area contributed by atoms with E-state index in [1.54, 1.807) is 0 Å². The first-order chi connectivity index (χ1) is 9.46. The van der Waals surface area contributed by atoms with E-state index >= 15 is 0 Å². The van der Waals surface area contributed by atoms with Gasteiger partial charge in [0.05, 0.1) is 46.6 Å². The number of nitrogens with zero attached hydrogens (tertiary/aromatic N) is 2. The molecule has 2 rings (SSSR count). The van der Waals surface area contributed by atoms with Crippen molar-refractivity contribution in [3.05, 3.63) is 18.2 Å². The molecule has 0 atom stereocenters. The lowest BCUT2D eigenvalue weighted by Gasteiger charge is -2.31. The number of nitrogens with two attached hydrogens (primary N) is 1. The number of hydrogen-bond acceptors (Lipinski definition) is 4. The Morgan fingerprint density at radius 2 is 2.10 bits per heavy atom.